The molecule has 1 saturated heterocycles. The number of hydrogen-bond acceptors (Lipinski definition) is 5. The van der Waals surface area contributed by atoms with Crippen molar-refractivity contribution >= 4 is 28.6 Å². The lowest BCUT2D eigenvalue weighted by Gasteiger charge is -2.30. The molecule has 2 aromatic rings. The van der Waals surface area contributed by atoms with Gasteiger partial charge >= 0.3 is 5.97 Å². The SMILES string of the molecule is COC(=O)[C@@H]1CCCN1C(=O)[C@@H](NC(=O)c1ccc2cnccc2c1)C(C)C. The molecule has 0 bridgehead atoms. The van der Waals surface area contributed by atoms with Crippen LogP contribution in [0.1, 0.15) is 37.0 Å². The van der Waals surface area contributed by atoms with Crippen molar-refractivity contribution in [1.29, 1.82) is 0 Å². The van der Waals surface area contributed by atoms with Gasteiger partial charge in [0.15, 0.2) is 0 Å². The number of esters is 1. The van der Waals surface area contributed by atoms with Gasteiger partial charge in [0.25, 0.3) is 5.91 Å². The maximum absolute atomic E-state index is 13.1. The Hall–Kier alpha value is -2.96. The Morgan fingerprint density at radius 3 is 2.71 bits per heavy atom. The van der Waals surface area contributed by atoms with Crippen LogP contribution in [0.2, 0.25) is 0 Å². The van der Waals surface area contributed by atoms with E-state index < -0.39 is 18.1 Å². The fraction of sp³-hybridized carbons (Fsp3) is 0.429. The smallest absolute Gasteiger partial charge is 0.328 e. The first-order valence-corrected chi connectivity index (χ1v) is 9.45. The van der Waals surface area contributed by atoms with Gasteiger partial charge in [-0.05, 0) is 42.3 Å². The molecule has 1 aliphatic heterocycles. The van der Waals surface area contributed by atoms with Crippen LogP contribution in [-0.4, -0.2) is 53.4 Å². The summed E-state index contributed by atoms with van der Waals surface area (Å²) in [6.07, 6.45) is 4.72. The minimum Gasteiger partial charge on any atom is -0.467 e. The van der Waals surface area contributed by atoms with Crippen LogP contribution in [0.3, 0.4) is 0 Å². The van der Waals surface area contributed by atoms with E-state index in [9.17, 15) is 14.4 Å². The molecule has 0 spiro atoms. The van der Waals surface area contributed by atoms with Crippen LogP contribution >= 0.6 is 0 Å². The first kappa shape index (κ1) is 19.8. The summed E-state index contributed by atoms with van der Waals surface area (Å²) >= 11 is 0. The lowest BCUT2D eigenvalue weighted by molar-refractivity contribution is -0.151. The fourth-order valence-electron chi connectivity index (χ4n) is 3.55. The van der Waals surface area contributed by atoms with Crippen molar-refractivity contribution in [2.24, 2.45) is 5.92 Å². The lowest BCUT2D eigenvalue weighted by Crippen LogP contribution is -2.53. The molecule has 7 heteroatoms. The van der Waals surface area contributed by atoms with Crippen LogP contribution in [0, 0.1) is 5.92 Å². The molecule has 2 amide bonds. The number of likely N-dealkylation sites (tertiary alicyclic amines) is 1. The largest absolute Gasteiger partial charge is 0.467 e. The minimum absolute atomic E-state index is 0.125. The van der Waals surface area contributed by atoms with Gasteiger partial charge < -0.3 is 15.0 Å². The Kier molecular flexibility index (Phi) is 5.92. The normalized spacial score (nSPS) is 17.6. The van der Waals surface area contributed by atoms with E-state index in [-0.39, 0.29) is 17.7 Å². The molecule has 148 valence electrons. The molecule has 1 aromatic carbocycles. The molecular weight excluding hydrogens is 358 g/mol. The highest BCUT2D eigenvalue weighted by Gasteiger charge is 2.39. The van der Waals surface area contributed by atoms with Gasteiger partial charge in [-0.1, -0.05) is 19.9 Å². The quantitative estimate of drug-likeness (QED) is 0.800. The summed E-state index contributed by atoms with van der Waals surface area (Å²) in [5.74, 6) is -1.11. The summed E-state index contributed by atoms with van der Waals surface area (Å²) in [5.41, 5.74) is 0.475. The lowest BCUT2D eigenvalue weighted by atomic mass is 10.0. The van der Waals surface area contributed by atoms with Crippen molar-refractivity contribution in [1.82, 2.24) is 15.2 Å². The van der Waals surface area contributed by atoms with E-state index in [1.54, 1.807) is 24.5 Å². The third-order valence-corrected chi connectivity index (χ3v) is 5.13. The van der Waals surface area contributed by atoms with E-state index in [0.717, 1.165) is 17.2 Å². The van der Waals surface area contributed by atoms with Crippen LogP contribution in [-0.2, 0) is 14.3 Å². The van der Waals surface area contributed by atoms with Crippen LogP contribution in [0.15, 0.2) is 36.7 Å². The third kappa shape index (κ3) is 3.98. The number of amides is 2. The zero-order valence-electron chi connectivity index (χ0n) is 16.3. The highest BCUT2D eigenvalue weighted by molar-refractivity contribution is 6.01. The predicted molar refractivity (Wildman–Crippen MR) is 105 cm³/mol. The fourth-order valence-corrected chi connectivity index (χ4v) is 3.55. The van der Waals surface area contributed by atoms with Crippen molar-refractivity contribution < 1.29 is 19.1 Å². The second-order valence-corrected chi connectivity index (χ2v) is 7.35. The van der Waals surface area contributed by atoms with Gasteiger partial charge in [-0.3, -0.25) is 14.6 Å². The van der Waals surface area contributed by atoms with Crippen LogP contribution in [0.4, 0.5) is 0 Å². The number of carbonyl (C=O) groups excluding carboxylic acids is 3. The molecule has 0 unspecified atom stereocenters. The molecule has 1 fully saturated rings. The molecule has 1 N–H and O–H groups in total. The first-order chi connectivity index (χ1) is 13.4. The Morgan fingerprint density at radius 1 is 1.21 bits per heavy atom. The molecule has 1 aliphatic rings. The molecule has 0 saturated carbocycles. The van der Waals surface area contributed by atoms with E-state index in [1.807, 2.05) is 26.0 Å². The number of benzene rings is 1. The number of fused-ring (bicyclic) bond motifs is 1. The molecule has 28 heavy (non-hydrogen) atoms. The van der Waals surface area contributed by atoms with Gasteiger partial charge in [0.1, 0.15) is 12.1 Å². The maximum atomic E-state index is 13.1. The van der Waals surface area contributed by atoms with Crippen molar-refractivity contribution in [3.63, 3.8) is 0 Å². The molecular formula is C21H25N3O4. The molecule has 2 atom stereocenters. The molecule has 3 rings (SSSR count). The molecule has 1 aromatic heterocycles. The van der Waals surface area contributed by atoms with Crippen molar-refractivity contribution in [3.05, 3.63) is 42.2 Å². The zero-order valence-corrected chi connectivity index (χ0v) is 16.3. The molecule has 0 aliphatic carbocycles. The highest BCUT2D eigenvalue weighted by Crippen LogP contribution is 2.22. The number of aromatic nitrogens is 1. The van der Waals surface area contributed by atoms with E-state index >= 15 is 0 Å². The van der Waals surface area contributed by atoms with Gasteiger partial charge in [-0.15, -0.1) is 0 Å². The molecule has 7 nitrogen and oxygen atoms in total. The first-order valence-electron chi connectivity index (χ1n) is 9.45. The van der Waals surface area contributed by atoms with Gasteiger partial charge in [0.2, 0.25) is 5.91 Å². The number of rotatable bonds is 5. The number of ether oxygens (including phenoxy) is 1. The summed E-state index contributed by atoms with van der Waals surface area (Å²) < 4.78 is 4.82. The van der Waals surface area contributed by atoms with Crippen LogP contribution in [0.25, 0.3) is 10.8 Å². The number of nitrogens with one attached hydrogen (secondary N) is 1. The highest BCUT2D eigenvalue weighted by atomic mass is 16.5. The van der Waals surface area contributed by atoms with Crippen LogP contribution < -0.4 is 5.32 Å². The topological polar surface area (TPSA) is 88.6 Å². The predicted octanol–water partition coefficient (Wildman–Crippen LogP) is 2.15. The van der Waals surface area contributed by atoms with Crippen molar-refractivity contribution in [2.45, 2.75) is 38.8 Å². The monoisotopic (exact) mass is 383 g/mol. The summed E-state index contributed by atoms with van der Waals surface area (Å²) in [7, 11) is 1.32. The standard InChI is InChI=1S/C21H25N3O4/c1-13(2)18(20(26)24-10-4-5-17(24)21(27)28-3)23-19(25)15-6-7-16-12-22-9-8-14(16)11-15/h6-9,11-13,17-18H,4-5,10H2,1-3H3,(H,23,25)/t17-,18-/m0/s1. The van der Waals surface area contributed by atoms with Gasteiger partial charge in [-0.25, -0.2) is 4.79 Å². The summed E-state index contributed by atoms with van der Waals surface area (Å²) in [6, 6.07) is 5.87. The second kappa shape index (κ2) is 8.37. The summed E-state index contributed by atoms with van der Waals surface area (Å²) in [5, 5.41) is 4.70. The third-order valence-electron chi connectivity index (χ3n) is 5.13. The number of methoxy groups -OCH3 is 1. The van der Waals surface area contributed by atoms with Crippen LogP contribution in [0.5, 0.6) is 0 Å². The van der Waals surface area contributed by atoms with Crippen molar-refractivity contribution in [2.75, 3.05) is 13.7 Å². The van der Waals surface area contributed by atoms with E-state index in [0.29, 0.717) is 18.5 Å². The Labute approximate surface area is 164 Å². The molecule has 2 heterocycles. The van der Waals surface area contributed by atoms with Gasteiger partial charge in [-0.2, -0.15) is 0 Å². The second-order valence-electron chi connectivity index (χ2n) is 7.35. The Morgan fingerprint density at radius 2 is 2.00 bits per heavy atom. The number of nitrogens with zero attached hydrogens (tertiary/aromatic N) is 2. The average Bonchev–Trinajstić information content (AvgIpc) is 3.20. The van der Waals surface area contributed by atoms with E-state index in [4.69, 9.17) is 4.74 Å². The Balaban J connectivity index is 1.79. The zero-order chi connectivity index (χ0) is 20.3. The number of hydrogen-bond donors (Lipinski definition) is 1. The minimum atomic E-state index is -0.717. The number of pyridine rings is 1. The van der Waals surface area contributed by atoms with Gasteiger partial charge in [0, 0.05) is 29.9 Å². The molecule has 0 radical (unpaired) electrons. The summed E-state index contributed by atoms with van der Waals surface area (Å²) in [4.78, 5) is 43.5. The summed E-state index contributed by atoms with van der Waals surface area (Å²) in [6.45, 7) is 4.23. The van der Waals surface area contributed by atoms with E-state index in [1.165, 1.54) is 12.0 Å². The van der Waals surface area contributed by atoms with Gasteiger partial charge in [0.05, 0.1) is 7.11 Å². The number of carbonyl (C=O) groups is 3. The maximum Gasteiger partial charge on any atom is 0.328 e. The van der Waals surface area contributed by atoms with Crippen molar-refractivity contribution in [3.8, 4) is 0 Å². The average molecular weight is 383 g/mol. The Bertz CT molecular complexity index is 896. The van der Waals surface area contributed by atoms with E-state index in [2.05, 4.69) is 10.3 Å².